The molecule has 0 spiro atoms. The molecular weight excluding hydrogens is 797 g/mol. The van der Waals surface area contributed by atoms with Gasteiger partial charge in [0.1, 0.15) is 12.6 Å². The third-order valence-electron chi connectivity index (χ3n) is 9.23. The molecule has 1 rings (SSSR count). The van der Waals surface area contributed by atoms with Gasteiger partial charge in [0.05, 0.1) is 25.4 Å². The van der Waals surface area contributed by atoms with E-state index in [0.717, 1.165) is 77.0 Å². The van der Waals surface area contributed by atoms with E-state index < -0.39 is 57.7 Å². The summed E-state index contributed by atoms with van der Waals surface area (Å²) >= 11 is 0. The molecule has 61 heavy (non-hydrogen) atoms. The molecule has 1 heterocycles. The minimum atomic E-state index is -4.75. The molecule has 0 aromatic carbocycles. The van der Waals surface area contributed by atoms with Crippen LogP contribution in [-0.4, -0.2) is 72.1 Å². The number of nitrogens with two attached hydrogens (primary N) is 1. The highest BCUT2D eigenvalue weighted by molar-refractivity contribution is 7.47. The summed E-state index contributed by atoms with van der Waals surface area (Å²) < 4.78 is 38.3. The standard InChI is InChI=1S/C48H76NO11P/c1-3-5-7-8-9-10-11-12-13-14-15-16-20-23-26-29-33-37-46(50)56-39-42(40-57-61(54,55)58-41-43(49)48(52)53)59-47(51)38-34-30-27-24-21-18-17-19-22-25-28-32-36-45-44(60-45)35-31-6-4-2/h6,9-10,12-13,15-16,18-19,21-22,27-28,30-32,42-45H,3-5,7-8,11,14,17,20,23-26,29,33-41,49H2,1-2H3,(H,52,53)(H,54,55)/b10-9-,13-12-,16-15-,21-18-,22-19-,30-27-,31-6-,32-28-/t42-,43+,44?,45?/m1/s1. The third-order valence-corrected chi connectivity index (χ3v) is 10.2. The molecule has 1 aliphatic rings. The molecule has 0 aromatic heterocycles. The number of allylic oxidation sites excluding steroid dienone is 14. The number of carboxylic acids is 1. The predicted octanol–water partition coefficient (Wildman–Crippen LogP) is 11.0. The Morgan fingerprint density at radius 1 is 0.607 bits per heavy atom. The van der Waals surface area contributed by atoms with Crippen molar-refractivity contribution in [2.75, 3.05) is 19.8 Å². The number of hydrogen-bond donors (Lipinski definition) is 3. The number of ether oxygens (including phenoxy) is 3. The fourth-order valence-electron chi connectivity index (χ4n) is 5.61. The van der Waals surface area contributed by atoms with Crippen molar-refractivity contribution in [1.29, 1.82) is 0 Å². The zero-order chi connectivity index (χ0) is 44.7. The molecule has 13 heteroatoms. The number of epoxide rings is 1. The lowest BCUT2D eigenvalue weighted by molar-refractivity contribution is -0.161. The van der Waals surface area contributed by atoms with Gasteiger partial charge in [0.15, 0.2) is 6.10 Å². The summed E-state index contributed by atoms with van der Waals surface area (Å²) in [6, 6.07) is -1.54. The van der Waals surface area contributed by atoms with Gasteiger partial charge in [-0.1, -0.05) is 137 Å². The average molecular weight is 874 g/mol. The second-order valence-corrected chi connectivity index (χ2v) is 16.3. The van der Waals surface area contributed by atoms with Crippen LogP contribution in [0.25, 0.3) is 0 Å². The van der Waals surface area contributed by atoms with Gasteiger partial charge in [0, 0.05) is 12.8 Å². The SMILES string of the molecule is CC/C=C\CC1OC1C/C=C\C/C=C\C/C=C\C/C=C\CCC(=O)O[C@H](COC(=O)CCCCCC/C=C\C/C=C\C/C=C\CCCCC)COP(=O)(O)OC[C@H](N)C(=O)O. The zero-order valence-corrected chi connectivity index (χ0v) is 37.8. The number of phosphoric acid groups is 1. The Morgan fingerprint density at radius 3 is 1.66 bits per heavy atom. The number of hydrogen-bond acceptors (Lipinski definition) is 10. The highest BCUT2D eigenvalue weighted by Crippen LogP contribution is 2.43. The van der Waals surface area contributed by atoms with Crippen molar-refractivity contribution in [2.24, 2.45) is 5.73 Å². The first-order chi connectivity index (χ1) is 29.6. The summed E-state index contributed by atoms with van der Waals surface area (Å²) in [5.74, 6) is -2.53. The molecule has 3 unspecified atom stereocenters. The number of phosphoric ester groups is 1. The van der Waals surface area contributed by atoms with Crippen LogP contribution in [-0.2, 0) is 42.2 Å². The maximum atomic E-state index is 12.6. The van der Waals surface area contributed by atoms with E-state index in [1.54, 1.807) is 0 Å². The lowest BCUT2D eigenvalue weighted by atomic mass is 10.1. The van der Waals surface area contributed by atoms with Crippen molar-refractivity contribution in [3.05, 3.63) is 97.2 Å². The van der Waals surface area contributed by atoms with E-state index in [1.807, 2.05) is 18.2 Å². The van der Waals surface area contributed by atoms with Crippen LogP contribution in [0.2, 0.25) is 0 Å². The molecule has 0 radical (unpaired) electrons. The van der Waals surface area contributed by atoms with Crippen LogP contribution in [0.3, 0.4) is 0 Å². The minimum absolute atomic E-state index is 0.0217. The Hall–Kier alpha value is -3.64. The second-order valence-electron chi connectivity index (χ2n) is 14.8. The molecule has 1 saturated heterocycles. The summed E-state index contributed by atoms with van der Waals surface area (Å²) in [6.45, 7) is 2.54. The van der Waals surface area contributed by atoms with Crippen LogP contribution in [0.1, 0.15) is 142 Å². The van der Waals surface area contributed by atoms with Crippen LogP contribution in [0.4, 0.5) is 0 Å². The van der Waals surface area contributed by atoms with Gasteiger partial charge in [-0.2, -0.15) is 0 Å². The van der Waals surface area contributed by atoms with Crippen LogP contribution < -0.4 is 5.73 Å². The number of carboxylic acid groups (broad SMARTS) is 1. The third kappa shape index (κ3) is 35.6. The number of unbranched alkanes of at least 4 members (excludes halogenated alkanes) is 7. The fourth-order valence-corrected chi connectivity index (χ4v) is 6.39. The topological polar surface area (TPSA) is 184 Å². The summed E-state index contributed by atoms with van der Waals surface area (Å²) in [7, 11) is -4.75. The molecule has 1 aliphatic heterocycles. The molecule has 344 valence electrons. The Morgan fingerprint density at radius 2 is 1.10 bits per heavy atom. The van der Waals surface area contributed by atoms with Crippen molar-refractivity contribution in [3.8, 4) is 0 Å². The largest absolute Gasteiger partial charge is 0.480 e. The normalized spacial score (nSPS) is 17.9. The van der Waals surface area contributed by atoms with Crippen molar-refractivity contribution in [1.82, 2.24) is 0 Å². The van der Waals surface area contributed by atoms with Gasteiger partial charge in [-0.15, -0.1) is 0 Å². The summed E-state index contributed by atoms with van der Waals surface area (Å²) in [4.78, 5) is 46.0. The lowest BCUT2D eigenvalue weighted by Gasteiger charge is -2.20. The molecule has 0 bridgehead atoms. The Kier molecular flexibility index (Phi) is 34.6. The van der Waals surface area contributed by atoms with Gasteiger partial charge >= 0.3 is 25.7 Å². The Labute approximate surface area is 366 Å². The number of carbonyl (C=O) groups excluding carboxylic acids is 2. The van der Waals surface area contributed by atoms with E-state index in [-0.39, 0.29) is 12.8 Å². The molecule has 1 fully saturated rings. The van der Waals surface area contributed by atoms with Crippen molar-refractivity contribution in [3.63, 3.8) is 0 Å². The number of carbonyl (C=O) groups is 3. The number of aliphatic carboxylic acids is 1. The molecule has 5 atom stereocenters. The molecule has 0 aliphatic carbocycles. The van der Waals surface area contributed by atoms with E-state index in [9.17, 15) is 23.8 Å². The van der Waals surface area contributed by atoms with Gasteiger partial charge < -0.3 is 29.9 Å². The first-order valence-corrected chi connectivity index (χ1v) is 23.9. The van der Waals surface area contributed by atoms with Crippen molar-refractivity contribution in [2.45, 2.75) is 167 Å². The summed E-state index contributed by atoms with van der Waals surface area (Å²) in [5.41, 5.74) is 5.33. The number of rotatable bonds is 39. The highest BCUT2D eigenvalue weighted by Gasteiger charge is 2.36. The van der Waals surface area contributed by atoms with Crippen molar-refractivity contribution >= 4 is 25.7 Å². The summed E-state index contributed by atoms with van der Waals surface area (Å²) in [6.07, 6.45) is 50.9. The van der Waals surface area contributed by atoms with Crippen molar-refractivity contribution < 1.29 is 52.2 Å². The van der Waals surface area contributed by atoms with E-state index in [2.05, 4.69) is 97.4 Å². The first-order valence-electron chi connectivity index (χ1n) is 22.4. The lowest BCUT2D eigenvalue weighted by Crippen LogP contribution is -2.34. The van der Waals surface area contributed by atoms with Crippen LogP contribution in [0, 0.1) is 0 Å². The zero-order valence-electron chi connectivity index (χ0n) is 36.9. The average Bonchev–Trinajstić information content (AvgIpc) is 3.99. The van der Waals surface area contributed by atoms with E-state index in [4.69, 9.17) is 29.6 Å². The van der Waals surface area contributed by atoms with Gasteiger partial charge in [-0.3, -0.25) is 23.4 Å². The highest BCUT2D eigenvalue weighted by atomic mass is 31.2. The molecule has 4 N–H and O–H groups in total. The van der Waals surface area contributed by atoms with Gasteiger partial charge in [0.25, 0.3) is 0 Å². The minimum Gasteiger partial charge on any atom is -0.480 e. The smallest absolute Gasteiger partial charge is 0.472 e. The van der Waals surface area contributed by atoms with Gasteiger partial charge in [-0.05, 0) is 89.9 Å². The second kappa shape index (κ2) is 38.1. The van der Waals surface area contributed by atoms with Crippen LogP contribution >= 0.6 is 7.82 Å². The summed E-state index contributed by atoms with van der Waals surface area (Å²) in [5, 5.41) is 8.90. The Bertz CT molecular complexity index is 1460. The van der Waals surface area contributed by atoms with E-state index in [0.29, 0.717) is 31.5 Å². The number of esters is 2. The van der Waals surface area contributed by atoms with Crippen LogP contribution in [0.15, 0.2) is 97.2 Å². The predicted molar refractivity (Wildman–Crippen MR) is 244 cm³/mol. The molecule has 12 nitrogen and oxygen atoms in total. The molecule has 0 saturated carbocycles. The Balaban J connectivity index is 2.35. The molecular formula is C48H76NO11P. The van der Waals surface area contributed by atoms with Gasteiger partial charge in [-0.25, -0.2) is 4.57 Å². The maximum absolute atomic E-state index is 12.6. The van der Waals surface area contributed by atoms with E-state index >= 15 is 0 Å². The fraction of sp³-hybridized carbons (Fsp3) is 0.604. The quantitative estimate of drug-likeness (QED) is 0.0175. The van der Waals surface area contributed by atoms with Crippen LogP contribution in [0.5, 0.6) is 0 Å². The molecule has 0 amide bonds. The van der Waals surface area contributed by atoms with E-state index in [1.165, 1.54) is 19.3 Å². The monoisotopic (exact) mass is 874 g/mol. The van der Waals surface area contributed by atoms with Gasteiger partial charge in [0.2, 0.25) is 0 Å². The maximum Gasteiger partial charge on any atom is 0.472 e. The first kappa shape index (κ1) is 55.4. The molecule has 0 aromatic rings.